The van der Waals surface area contributed by atoms with E-state index >= 15 is 0 Å². The molecule has 1 aliphatic carbocycles. The van der Waals surface area contributed by atoms with Gasteiger partial charge in [0.15, 0.2) is 0 Å². The molecule has 1 aromatic rings. The minimum absolute atomic E-state index is 0.0616. The van der Waals surface area contributed by atoms with Gasteiger partial charge in [-0.3, -0.25) is 0 Å². The summed E-state index contributed by atoms with van der Waals surface area (Å²) >= 11 is 0. The lowest BCUT2D eigenvalue weighted by atomic mass is 9.80. The molecule has 0 atom stereocenters. The van der Waals surface area contributed by atoms with Crippen LogP contribution in [-0.4, -0.2) is 14.2 Å². The van der Waals surface area contributed by atoms with Crippen molar-refractivity contribution in [3.05, 3.63) is 40.5 Å². The molecule has 98 valence electrons. The molecule has 0 unspecified atom stereocenters. The number of ether oxygens (including phenoxy) is 2. The lowest BCUT2D eigenvalue weighted by molar-refractivity contribution is -0.184. The van der Waals surface area contributed by atoms with Crippen LogP contribution in [0.25, 0.3) is 6.08 Å². The maximum absolute atomic E-state index is 5.73. The molecule has 2 nitrogen and oxygen atoms in total. The van der Waals surface area contributed by atoms with Crippen molar-refractivity contribution in [2.45, 2.75) is 38.9 Å². The standard InChI is InChI=1S/C16H22O2/c1-11-10-12-8-7-9-13(15(2,3)4)14(12)16(11,17-5)18-6/h7-10H,1-6H3. The third kappa shape index (κ3) is 1.72. The molecule has 0 N–H and O–H groups in total. The van der Waals surface area contributed by atoms with Crippen LogP contribution in [0.3, 0.4) is 0 Å². The zero-order valence-electron chi connectivity index (χ0n) is 12.1. The summed E-state index contributed by atoms with van der Waals surface area (Å²) in [6.07, 6.45) is 2.15. The van der Waals surface area contributed by atoms with Crippen molar-refractivity contribution in [3.63, 3.8) is 0 Å². The summed E-state index contributed by atoms with van der Waals surface area (Å²) in [5, 5.41) is 0. The lowest BCUT2D eigenvalue weighted by Gasteiger charge is -2.34. The van der Waals surface area contributed by atoms with Gasteiger partial charge in [0.05, 0.1) is 0 Å². The molecular weight excluding hydrogens is 224 g/mol. The number of methoxy groups -OCH3 is 2. The number of fused-ring (bicyclic) bond motifs is 1. The summed E-state index contributed by atoms with van der Waals surface area (Å²) in [6, 6.07) is 6.39. The highest BCUT2D eigenvalue weighted by Gasteiger charge is 2.43. The summed E-state index contributed by atoms with van der Waals surface area (Å²) < 4.78 is 11.5. The fourth-order valence-electron chi connectivity index (χ4n) is 2.82. The van der Waals surface area contributed by atoms with E-state index in [0.717, 1.165) is 11.1 Å². The molecule has 0 saturated heterocycles. The molecule has 2 rings (SSSR count). The second kappa shape index (κ2) is 4.22. The fraction of sp³-hybridized carbons (Fsp3) is 0.500. The highest BCUT2D eigenvalue weighted by Crippen LogP contribution is 2.47. The summed E-state index contributed by atoms with van der Waals surface area (Å²) in [6.45, 7) is 8.70. The van der Waals surface area contributed by atoms with Crippen LogP contribution in [-0.2, 0) is 20.7 Å². The van der Waals surface area contributed by atoms with Crippen molar-refractivity contribution < 1.29 is 9.47 Å². The third-order valence-electron chi connectivity index (χ3n) is 3.70. The number of benzene rings is 1. The van der Waals surface area contributed by atoms with Crippen LogP contribution in [0.5, 0.6) is 0 Å². The lowest BCUT2D eigenvalue weighted by Crippen LogP contribution is -2.33. The van der Waals surface area contributed by atoms with Gasteiger partial charge in [-0.1, -0.05) is 39.0 Å². The van der Waals surface area contributed by atoms with E-state index in [1.165, 1.54) is 11.1 Å². The number of hydrogen-bond acceptors (Lipinski definition) is 2. The zero-order valence-corrected chi connectivity index (χ0v) is 12.1. The van der Waals surface area contributed by atoms with Crippen LogP contribution in [0.4, 0.5) is 0 Å². The number of rotatable bonds is 2. The predicted molar refractivity (Wildman–Crippen MR) is 74.5 cm³/mol. The van der Waals surface area contributed by atoms with Gasteiger partial charge >= 0.3 is 0 Å². The Hall–Kier alpha value is -1.12. The predicted octanol–water partition coefficient (Wildman–Crippen LogP) is 3.85. The van der Waals surface area contributed by atoms with Crippen molar-refractivity contribution in [2.75, 3.05) is 14.2 Å². The summed E-state index contributed by atoms with van der Waals surface area (Å²) in [7, 11) is 3.41. The van der Waals surface area contributed by atoms with Gasteiger partial charge in [-0.2, -0.15) is 0 Å². The van der Waals surface area contributed by atoms with Gasteiger partial charge in [0.2, 0.25) is 5.79 Å². The average molecular weight is 246 g/mol. The average Bonchev–Trinajstić information content (AvgIpc) is 2.59. The minimum Gasteiger partial charge on any atom is -0.346 e. The van der Waals surface area contributed by atoms with Crippen molar-refractivity contribution in [1.29, 1.82) is 0 Å². The van der Waals surface area contributed by atoms with Gasteiger partial charge < -0.3 is 9.47 Å². The molecule has 0 saturated carbocycles. The maximum atomic E-state index is 5.73. The Labute approximate surface area is 110 Å². The highest BCUT2D eigenvalue weighted by atomic mass is 16.7. The summed E-state index contributed by atoms with van der Waals surface area (Å²) in [4.78, 5) is 0. The van der Waals surface area contributed by atoms with E-state index in [0.29, 0.717) is 0 Å². The van der Waals surface area contributed by atoms with Gasteiger partial charge in [0, 0.05) is 19.8 Å². The van der Waals surface area contributed by atoms with E-state index in [9.17, 15) is 0 Å². The highest BCUT2D eigenvalue weighted by molar-refractivity contribution is 5.69. The third-order valence-corrected chi connectivity index (χ3v) is 3.70. The summed E-state index contributed by atoms with van der Waals surface area (Å²) in [5.41, 5.74) is 4.78. The van der Waals surface area contributed by atoms with Crippen LogP contribution in [0.15, 0.2) is 23.8 Å². The van der Waals surface area contributed by atoms with Crippen molar-refractivity contribution in [3.8, 4) is 0 Å². The van der Waals surface area contributed by atoms with Crippen LogP contribution in [0.1, 0.15) is 44.4 Å². The quantitative estimate of drug-likeness (QED) is 0.738. The van der Waals surface area contributed by atoms with Gasteiger partial charge in [-0.25, -0.2) is 0 Å². The molecule has 1 aliphatic rings. The Balaban J connectivity index is 2.73. The zero-order chi connectivity index (χ0) is 13.6. The molecule has 0 heterocycles. The Morgan fingerprint density at radius 3 is 2.17 bits per heavy atom. The van der Waals surface area contributed by atoms with Crippen LogP contribution in [0.2, 0.25) is 0 Å². The first-order valence-electron chi connectivity index (χ1n) is 6.30. The number of hydrogen-bond donors (Lipinski definition) is 0. The van der Waals surface area contributed by atoms with E-state index in [4.69, 9.17) is 9.47 Å². The molecule has 2 heteroatoms. The second-order valence-corrected chi connectivity index (χ2v) is 5.87. The molecule has 18 heavy (non-hydrogen) atoms. The first-order chi connectivity index (χ1) is 8.36. The van der Waals surface area contributed by atoms with Crippen molar-refractivity contribution in [1.82, 2.24) is 0 Å². The molecule has 0 bridgehead atoms. The Kier molecular flexibility index (Phi) is 3.12. The van der Waals surface area contributed by atoms with Crippen LogP contribution < -0.4 is 0 Å². The van der Waals surface area contributed by atoms with Gasteiger partial charge in [0.1, 0.15) is 0 Å². The smallest absolute Gasteiger partial charge is 0.218 e. The van der Waals surface area contributed by atoms with E-state index in [1.54, 1.807) is 14.2 Å². The SMILES string of the molecule is COC1(OC)C(C)=Cc2cccc(C(C)(C)C)c21. The molecule has 0 fully saturated rings. The maximum Gasteiger partial charge on any atom is 0.218 e. The van der Waals surface area contributed by atoms with E-state index in [1.807, 2.05) is 0 Å². The second-order valence-electron chi connectivity index (χ2n) is 5.87. The molecule has 0 amide bonds. The molecule has 0 aliphatic heterocycles. The minimum atomic E-state index is -0.723. The Morgan fingerprint density at radius 1 is 1.06 bits per heavy atom. The van der Waals surface area contributed by atoms with E-state index in [-0.39, 0.29) is 5.41 Å². The van der Waals surface area contributed by atoms with Crippen molar-refractivity contribution in [2.24, 2.45) is 0 Å². The van der Waals surface area contributed by atoms with Gasteiger partial charge in [0.25, 0.3) is 0 Å². The van der Waals surface area contributed by atoms with E-state index < -0.39 is 5.79 Å². The van der Waals surface area contributed by atoms with Crippen LogP contribution in [0, 0.1) is 0 Å². The monoisotopic (exact) mass is 246 g/mol. The largest absolute Gasteiger partial charge is 0.346 e. The molecule has 0 aromatic heterocycles. The topological polar surface area (TPSA) is 18.5 Å². The van der Waals surface area contributed by atoms with Crippen LogP contribution >= 0.6 is 0 Å². The molecular formula is C16H22O2. The fourth-order valence-corrected chi connectivity index (χ4v) is 2.82. The first-order valence-corrected chi connectivity index (χ1v) is 6.30. The summed E-state index contributed by atoms with van der Waals surface area (Å²) in [5.74, 6) is -0.723. The Bertz CT molecular complexity index is 488. The van der Waals surface area contributed by atoms with E-state index in [2.05, 4.69) is 52.0 Å². The van der Waals surface area contributed by atoms with Gasteiger partial charge in [-0.15, -0.1) is 0 Å². The first kappa shape index (κ1) is 13.3. The normalized spacial score (nSPS) is 17.6. The van der Waals surface area contributed by atoms with Gasteiger partial charge in [-0.05, 0) is 35.1 Å². The Morgan fingerprint density at radius 2 is 1.67 bits per heavy atom. The molecule has 0 spiro atoms. The molecule has 1 aromatic carbocycles. The molecule has 0 radical (unpaired) electrons. The van der Waals surface area contributed by atoms with Crippen molar-refractivity contribution >= 4 is 6.08 Å².